The van der Waals surface area contributed by atoms with Crippen LogP contribution in [0.15, 0.2) is 36.4 Å². The molecule has 0 amide bonds. The van der Waals surface area contributed by atoms with Gasteiger partial charge in [0, 0.05) is 5.69 Å². The summed E-state index contributed by atoms with van der Waals surface area (Å²) >= 11 is 0. The molecule has 0 aliphatic carbocycles. The molecule has 0 spiro atoms. The van der Waals surface area contributed by atoms with Gasteiger partial charge in [-0.2, -0.15) is 0 Å². The SMILES string of the molecule is CCc1nc(C)ccc1Oc1ccccc1N. The minimum Gasteiger partial charge on any atom is -0.453 e. The van der Waals surface area contributed by atoms with Gasteiger partial charge in [-0.05, 0) is 37.6 Å². The highest BCUT2D eigenvalue weighted by Crippen LogP contribution is 2.28. The smallest absolute Gasteiger partial charge is 0.150 e. The summed E-state index contributed by atoms with van der Waals surface area (Å²) < 4.78 is 5.80. The lowest BCUT2D eigenvalue weighted by Crippen LogP contribution is -1.97. The topological polar surface area (TPSA) is 48.1 Å². The molecule has 0 fully saturated rings. The predicted molar refractivity (Wildman–Crippen MR) is 69.3 cm³/mol. The van der Waals surface area contributed by atoms with Crippen LogP contribution in [0.25, 0.3) is 0 Å². The molecule has 2 N–H and O–H groups in total. The molecule has 88 valence electrons. The molecule has 2 rings (SSSR count). The van der Waals surface area contributed by atoms with Crippen LogP contribution in [0.1, 0.15) is 18.3 Å². The van der Waals surface area contributed by atoms with Crippen LogP contribution in [0.3, 0.4) is 0 Å². The van der Waals surface area contributed by atoms with Gasteiger partial charge < -0.3 is 10.5 Å². The Morgan fingerprint density at radius 1 is 1.12 bits per heavy atom. The largest absolute Gasteiger partial charge is 0.453 e. The number of nitrogens with two attached hydrogens (primary N) is 1. The number of anilines is 1. The van der Waals surface area contributed by atoms with Gasteiger partial charge in [-0.15, -0.1) is 0 Å². The van der Waals surface area contributed by atoms with Crippen molar-refractivity contribution in [2.24, 2.45) is 0 Å². The van der Waals surface area contributed by atoms with Gasteiger partial charge in [0.2, 0.25) is 0 Å². The molecular formula is C14H16N2O. The van der Waals surface area contributed by atoms with Crippen LogP contribution in [0, 0.1) is 6.92 Å². The lowest BCUT2D eigenvalue weighted by atomic mass is 10.2. The van der Waals surface area contributed by atoms with Crippen molar-refractivity contribution in [3.8, 4) is 11.5 Å². The summed E-state index contributed by atoms with van der Waals surface area (Å²) in [7, 11) is 0. The van der Waals surface area contributed by atoms with Crippen molar-refractivity contribution < 1.29 is 4.74 Å². The number of aryl methyl sites for hydroxylation is 2. The van der Waals surface area contributed by atoms with E-state index in [0.717, 1.165) is 23.6 Å². The maximum Gasteiger partial charge on any atom is 0.150 e. The lowest BCUT2D eigenvalue weighted by molar-refractivity contribution is 0.475. The van der Waals surface area contributed by atoms with Crippen molar-refractivity contribution in [2.45, 2.75) is 20.3 Å². The first-order valence-electron chi connectivity index (χ1n) is 5.69. The third kappa shape index (κ3) is 2.56. The van der Waals surface area contributed by atoms with Gasteiger partial charge in [-0.25, -0.2) is 0 Å². The quantitative estimate of drug-likeness (QED) is 0.820. The summed E-state index contributed by atoms with van der Waals surface area (Å²) in [5, 5.41) is 0. The Morgan fingerprint density at radius 2 is 1.88 bits per heavy atom. The van der Waals surface area contributed by atoms with E-state index in [1.165, 1.54) is 0 Å². The highest BCUT2D eigenvalue weighted by Gasteiger charge is 2.06. The van der Waals surface area contributed by atoms with E-state index in [-0.39, 0.29) is 0 Å². The van der Waals surface area contributed by atoms with Crippen molar-refractivity contribution in [1.29, 1.82) is 0 Å². The molecule has 0 aliphatic heterocycles. The fraction of sp³-hybridized carbons (Fsp3) is 0.214. The second-order valence-electron chi connectivity index (χ2n) is 3.89. The average molecular weight is 228 g/mol. The maximum absolute atomic E-state index is 5.84. The van der Waals surface area contributed by atoms with E-state index in [1.54, 1.807) is 0 Å². The second kappa shape index (κ2) is 4.87. The van der Waals surface area contributed by atoms with Crippen LogP contribution in [0.2, 0.25) is 0 Å². The van der Waals surface area contributed by atoms with E-state index in [9.17, 15) is 0 Å². The van der Waals surface area contributed by atoms with E-state index >= 15 is 0 Å². The van der Waals surface area contributed by atoms with Gasteiger partial charge in [0.1, 0.15) is 11.5 Å². The van der Waals surface area contributed by atoms with E-state index < -0.39 is 0 Å². The van der Waals surface area contributed by atoms with Crippen LogP contribution in [0.5, 0.6) is 11.5 Å². The monoisotopic (exact) mass is 228 g/mol. The standard InChI is InChI=1S/C14H16N2O/c1-3-12-14(9-8-10(2)16-12)17-13-7-5-4-6-11(13)15/h4-9H,3,15H2,1-2H3. The number of hydrogen-bond acceptors (Lipinski definition) is 3. The summed E-state index contributed by atoms with van der Waals surface area (Å²) in [6.45, 7) is 4.03. The zero-order chi connectivity index (χ0) is 12.3. The van der Waals surface area contributed by atoms with Crippen molar-refractivity contribution in [1.82, 2.24) is 4.98 Å². The molecule has 0 aliphatic rings. The zero-order valence-corrected chi connectivity index (χ0v) is 10.1. The Hall–Kier alpha value is -2.03. The number of rotatable bonds is 3. The first kappa shape index (κ1) is 11.5. The third-order valence-electron chi connectivity index (χ3n) is 2.55. The van der Waals surface area contributed by atoms with Gasteiger partial charge in [0.25, 0.3) is 0 Å². The fourth-order valence-electron chi connectivity index (χ4n) is 1.64. The molecule has 17 heavy (non-hydrogen) atoms. The number of ether oxygens (including phenoxy) is 1. The summed E-state index contributed by atoms with van der Waals surface area (Å²) in [4.78, 5) is 4.45. The number of para-hydroxylation sites is 2. The number of hydrogen-bond donors (Lipinski definition) is 1. The molecule has 2 aromatic rings. The first-order chi connectivity index (χ1) is 8.20. The van der Waals surface area contributed by atoms with Crippen molar-refractivity contribution >= 4 is 5.69 Å². The van der Waals surface area contributed by atoms with Crippen LogP contribution < -0.4 is 10.5 Å². The molecule has 0 saturated heterocycles. The zero-order valence-electron chi connectivity index (χ0n) is 10.1. The number of nitrogen functional groups attached to an aromatic ring is 1. The van der Waals surface area contributed by atoms with Crippen LogP contribution in [-0.4, -0.2) is 4.98 Å². The number of benzene rings is 1. The van der Waals surface area contributed by atoms with E-state index in [4.69, 9.17) is 10.5 Å². The highest BCUT2D eigenvalue weighted by molar-refractivity contribution is 5.53. The normalized spacial score (nSPS) is 10.2. The minimum atomic E-state index is 0.634. The molecule has 3 heteroatoms. The molecule has 1 aromatic carbocycles. The number of aromatic nitrogens is 1. The Balaban J connectivity index is 2.33. The fourth-order valence-corrected chi connectivity index (χ4v) is 1.64. The Kier molecular flexibility index (Phi) is 3.28. The first-order valence-corrected chi connectivity index (χ1v) is 5.69. The van der Waals surface area contributed by atoms with Gasteiger partial charge >= 0.3 is 0 Å². The molecule has 0 saturated carbocycles. The highest BCUT2D eigenvalue weighted by atomic mass is 16.5. The predicted octanol–water partition coefficient (Wildman–Crippen LogP) is 3.33. The molecule has 0 radical (unpaired) electrons. The van der Waals surface area contributed by atoms with E-state index in [1.807, 2.05) is 43.3 Å². The van der Waals surface area contributed by atoms with Gasteiger partial charge in [-0.3, -0.25) is 4.98 Å². The summed E-state index contributed by atoms with van der Waals surface area (Å²) in [5.41, 5.74) is 8.43. The van der Waals surface area contributed by atoms with Crippen LogP contribution >= 0.6 is 0 Å². The minimum absolute atomic E-state index is 0.634. The summed E-state index contributed by atoms with van der Waals surface area (Å²) in [6, 6.07) is 11.3. The average Bonchev–Trinajstić information content (AvgIpc) is 2.34. The summed E-state index contributed by atoms with van der Waals surface area (Å²) in [6.07, 6.45) is 0.837. The molecule has 3 nitrogen and oxygen atoms in total. The van der Waals surface area contributed by atoms with Crippen molar-refractivity contribution in [3.05, 3.63) is 47.8 Å². The summed E-state index contributed by atoms with van der Waals surface area (Å²) in [5.74, 6) is 1.45. The Bertz CT molecular complexity index is 523. The van der Waals surface area contributed by atoms with Crippen LogP contribution in [-0.2, 0) is 6.42 Å². The van der Waals surface area contributed by atoms with Gasteiger partial charge in [0.15, 0.2) is 0 Å². The van der Waals surface area contributed by atoms with Gasteiger partial charge in [0.05, 0.1) is 11.4 Å². The van der Waals surface area contributed by atoms with E-state index in [2.05, 4.69) is 11.9 Å². The van der Waals surface area contributed by atoms with Crippen molar-refractivity contribution in [3.63, 3.8) is 0 Å². The number of pyridine rings is 1. The number of nitrogens with zero attached hydrogens (tertiary/aromatic N) is 1. The van der Waals surface area contributed by atoms with Crippen LogP contribution in [0.4, 0.5) is 5.69 Å². The lowest BCUT2D eigenvalue weighted by Gasteiger charge is -2.11. The maximum atomic E-state index is 5.84. The Morgan fingerprint density at radius 3 is 2.59 bits per heavy atom. The Labute approximate surface area is 101 Å². The van der Waals surface area contributed by atoms with E-state index in [0.29, 0.717) is 11.4 Å². The molecule has 0 unspecified atom stereocenters. The third-order valence-corrected chi connectivity index (χ3v) is 2.55. The second-order valence-corrected chi connectivity index (χ2v) is 3.89. The molecule has 1 aromatic heterocycles. The molecule has 0 bridgehead atoms. The molecular weight excluding hydrogens is 212 g/mol. The van der Waals surface area contributed by atoms with Crippen molar-refractivity contribution in [2.75, 3.05) is 5.73 Å². The molecule has 0 atom stereocenters. The molecule has 1 heterocycles. The van der Waals surface area contributed by atoms with Gasteiger partial charge in [-0.1, -0.05) is 19.1 Å².